The fourth-order valence-electron chi connectivity index (χ4n) is 4.22. The number of nitrogens with two attached hydrogens (primary N) is 1. The van der Waals surface area contributed by atoms with Crippen LogP contribution in [0.1, 0.15) is 32.9 Å². The molecule has 2 N–H and O–H groups in total. The van der Waals surface area contributed by atoms with Gasteiger partial charge in [-0.15, -0.1) is 0 Å². The van der Waals surface area contributed by atoms with E-state index in [0.29, 0.717) is 28.2 Å². The molecular formula is C28H28ClFN6O4. The lowest BCUT2D eigenvalue weighted by molar-refractivity contribution is 0.0648. The first-order valence-corrected chi connectivity index (χ1v) is 12.6. The highest BCUT2D eigenvalue weighted by atomic mass is 35.5. The normalized spacial score (nSPS) is 11.9. The zero-order chi connectivity index (χ0) is 28.6. The van der Waals surface area contributed by atoms with E-state index in [1.165, 1.54) is 43.1 Å². The number of hydrogen-bond acceptors (Lipinski definition) is 7. The number of carbonyl (C=O) groups is 1. The fourth-order valence-corrected chi connectivity index (χ4v) is 4.50. The molecule has 1 amide bonds. The Balaban J connectivity index is 1.68. The summed E-state index contributed by atoms with van der Waals surface area (Å²) in [6, 6.07) is 9.91. The second-order valence-corrected chi connectivity index (χ2v) is 9.10. The zero-order valence-electron chi connectivity index (χ0n) is 22.2. The van der Waals surface area contributed by atoms with Crippen LogP contribution in [0.5, 0.6) is 5.75 Å². The number of hydrogen-bond donors (Lipinski definition) is 1. The maximum Gasteiger partial charge on any atom is 0.291 e. The van der Waals surface area contributed by atoms with E-state index < -0.39 is 11.7 Å². The summed E-state index contributed by atoms with van der Waals surface area (Å²) in [5, 5.41) is 0.930. The van der Waals surface area contributed by atoms with Crippen LogP contribution >= 0.6 is 11.6 Å². The van der Waals surface area contributed by atoms with Gasteiger partial charge in [0.2, 0.25) is 5.76 Å². The number of aryl methyl sites for hydroxylation is 1. The van der Waals surface area contributed by atoms with Crippen LogP contribution in [0.4, 0.5) is 4.39 Å². The average molecular weight is 567 g/mol. The monoisotopic (exact) mass is 566 g/mol. The first-order valence-electron chi connectivity index (χ1n) is 12.2. The van der Waals surface area contributed by atoms with E-state index in [4.69, 9.17) is 31.2 Å². The third-order valence-electron chi connectivity index (χ3n) is 6.06. The van der Waals surface area contributed by atoms with Gasteiger partial charge in [0.15, 0.2) is 12.2 Å². The lowest BCUT2D eigenvalue weighted by atomic mass is 10.1. The van der Waals surface area contributed by atoms with Crippen molar-refractivity contribution in [3.8, 4) is 5.75 Å². The summed E-state index contributed by atoms with van der Waals surface area (Å²) in [6.45, 7) is 2.36. The van der Waals surface area contributed by atoms with Gasteiger partial charge in [-0.1, -0.05) is 23.7 Å². The molecule has 0 radical (unpaired) electrons. The van der Waals surface area contributed by atoms with E-state index >= 15 is 0 Å². The van der Waals surface area contributed by atoms with Crippen LogP contribution in [0, 0.1) is 12.7 Å². The molecule has 0 spiro atoms. The van der Waals surface area contributed by atoms with Crippen molar-refractivity contribution < 1.29 is 23.1 Å². The number of oxazole rings is 1. The van der Waals surface area contributed by atoms with Crippen LogP contribution in [0.3, 0.4) is 0 Å². The number of para-hydroxylation sites is 1. The number of pyridine rings is 1. The smallest absolute Gasteiger partial charge is 0.291 e. The van der Waals surface area contributed by atoms with Crippen molar-refractivity contribution in [1.82, 2.24) is 14.9 Å². The molecule has 40 heavy (non-hydrogen) atoms. The van der Waals surface area contributed by atoms with Crippen molar-refractivity contribution >= 4 is 40.6 Å². The number of ether oxygens (including phenoxy) is 2. The molecule has 4 rings (SSSR count). The SMILES string of the molecule is CN=C(N=CN)c1cc(C)nc2c(OCc3c(Cl)cc(F)cc3CN(CCOC)C(=O)c3cnco3)cccc12. The summed E-state index contributed by atoms with van der Waals surface area (Å²) in [7, 11) is 3.16. The summed E-state index contributed by atoms with van der Waals surface area (Å²) in [4.78, 5) is 31.4. The molecule has 0 aliphatic rings. The molecule has 208 valence electrons. The Bertz CT molecular complexity index is 1560. The van der Waals surface area contributed by atoms with Gasteiger partial charge >= 0.3 is 0 Å². The number of rotatable bonds is 10. The molecule has 0 saturated heterocycles. The standard InChI is InChI=1S/C28H28ClFN6O4/c1-17-9-21(27(32-2)34-15-31)20-5-4-6-24(26(20)35-17)39-14-22-18(10-19(30)11-23(22)29)13-36(7-8-38-3)28(37)25-12-33-16-40-25/h4-6,9-12,15-16H,7-8,13-14H2,1-3H3,(H2,31,32,34). The minimum Gasteiger partial charge on any atom is -0.487 e. The molecule has 2 aromatic carbocycles. The number of aliphatic imine (C=N–C) groups is 2. The van der Waals surface area contributed by atoms with Gasteiger partial charge in [0.1, 0.15) is 23.7 Å². The van der Waals surface area contributed by atoms with Crippen molar-refractivity contribution in [3.63, 3.8) is 0 Å². The van der Waals surface area contributed by atoms with Crippen molar-refractivity contribution in [3.05, 3.63) is 88.0 Å². The Morgan fingerprint density at radius 1 is 1.30 bits per heavy atom. The van der Waals surface area contributed by atoms with Gasteiger partial charge in [0, 0.05) is 49.5 Å². The van der Waals surface area contributed by atoms with Gasteiger partial charge in [-0.3, -0.25) is 9.79 Å². The Morgan fingerprint density at radius 2 is 2.12 bits per heavy atom. The molecule has 0 atom stereocenters. The Hall–Kier alpha value is -4.35. The molecule has 4 aromatic rings. The van der Waals surface area contributed by atoms with E-state index in [-0.39, 0.29) is 37.1 Å². The highest BCUT2D eigenvalue weighted by Crippen LogP contribution is 2.31. The topological polar surface area (TPSA) is 128 Å². The number of benzene rings is 2. The highest BCUT2D eigenvalue weighted by Gasteiger charge is 2.22. The third kappa shape index (κ3) is 6.44. The number of fused-ring (bicyclic) bond motifs is 1. The molecule has 12 heteroatoms. The van der Waals surface area contributed by atoms with Crippen molar-refractivity contribution in [1.29, 1.82) is 0 Å². The molecule has 10 nitrogen and oxygen atoms in total. The van der Waals surface area contributed by atoms with Gasteiger partial charge in [-0.2, -0.15) is 0 Å². The maximum absolute atomic E-state index is 14.5. The Kier molecular flexibility index (Phi) is 9.41. The van der Waals surface area contributed by atoms with Crippen molar-refractivity contribution in [2.75, 3.05) is 27.3 Å². The average Bonchev–Trinajstić information content (AvgIpc) is 3.48. The van der Waals surface area contributed by atoms with Crippen LogP contribution < -0.4 is 10.5 Å². The lowest BCUT2D eigenvalue weighted by Gasteiger charge is -2.23. The molecule has 0 aliphatic carbocycles. The number of nitrogens with zero attached hydrogens (tertiary/aromatic N) is 5. The van der Waals surface area contributed by atoms with Gasteiger partial charge in [-0.05, 0) is 36.8 Å². The van der Waals surface area contributed by atoms with Gasteiger partial charge in [0.05, 0.1) is 24.2 Å². The maximum atomic E-state index is 14.5. The predicted octanol–water partition coefficient (Wildman–Crippen LogP) is 4.55. The van der Waals surface area contributed by atoms with E-state index in [0.717, 1.165) is 16.6 Å². The molecule has 2 heterocycles. The number of methoxy groups -OCH3 is 1. The minimum atomic E-state index is -0.540. The molecule has 0 saturated carbocycles. The number of aromatic nitrogens is 2. The van der Waals surface area contributed by atoms with Gasteiger partial charge in [0.25, 0.3) is 5.91 Å². The Labute approximate surface area is 235 Å². The van der Waals surface area contributed by atoms with Gasteiger partial charge in [-0.25, -0.2) is 19.4 Å². The summed E-state index contributed by atoms with van der Waals surface area (Å²) < 4.78 is 31.1. The van der Waals surface area contributed by atoms with Crippen molar-refractivity contribution in [2.45, 2.75) is 20.1 Å². The molecule has 0 fully saturated rings. The first kappa shape index (κ1) is 28.7. The van der Waals surface area contributed by atoms with Crippen LogP contribution in [-0.4, -0.2) is 60.3 Å². The second kappa shape index (κ2) is 13.1. The van der Waals surface area contributed by atoms with Crippen LogP contribution in [0.2, 0.25) is 5.02 Å². The summed E-state index contributed by atoms with van der Waals surface area (Å²) in [5.74, 6) is 0.0259. The van der Waals surface area contributed by atoms with E-state index in [1.54, 1.807) is 13.1 Å². The molecule has 2 aromatic heterocycles. The minimum absolute atomic E-state index is 0.0111. The second-order valence-electron chi connectivity index (χ2n) is 8.69. The number of amides is 1. The molecule has 0 aliphatic heterocycles. The van der Waals surface area contributed by atoms with Crippen LogP contribution in [0.15, 0.2) is 63.4 Å². The third-order valence-corrected chi connectivity index (χ3v) is 6.40. The first-order chi connectivity index (χ1) is 19.4. The predicted molar refractivity (Wildman–Crippen MR) is 150 cm³/mol. The van der Waals surface area contributed by atoms with Crippen LogP contribution in [-0.2, 0) is 17.9 Å². The number of amidine groups is 1. The van der Waals surface area contributed by atoms with Crippen molar-refractivity contribution in [2.24, 2.45) is 15.7 Å². The lowest BCUT2D eigenvalue weighted by Crippen LogP contribution is -2.33. The van der Waals surface area contributed by atoms with Crippen LogP contribution in [0.25, 0.3) is 10.9 Å². The van der Waals surface area contributed by atoms with Gasteiger partial charge < -0.3 is 24.5 Å². The quantitative estimate of drug-likeness (QED) is 0.220. The number of halogens is 2. The molecule has 0 bridgehead atoms. The summed E-state index contributed by atoms with van der Waals surface area (Å²) in [5.41, 5.74) is 8.58. The zero-order valence-corrected chi connectivity index (χ0v) is 23.0. The molecule has 0 unspecified atom stereocenters. The van der Waals surface area contributed by atoms with E-state index in [1.807, 2.05) is 25.1 Å². The highest BCUT2D eigenvalue weighted by molar-refractivity contribution is 6.31. The summed E-state index contributed by atoms with van der Waals surface area (Å²) >= 11 is 6.50. The molecular weight excluding hydrogens is 539 g/mol. The largest absolute Gasteiger partial charge is 0.487 e. The number of carbonyl (C=O) groups excluding carboxylic acids is 1. The Morgan fingerprint density at radius 3 is 2.83 bits per heavy atom. The fraction of sp³-hybridized carbons (Fsp3) is 0.250. The summed E-state index contributed by atoms with van der Waals surface area (Å²) in [6.07, 6.45) is 3.68. The van der Waals surface area contributed by atoms with E-state index in [9.17, 15) is 9.18 Å². The van der Waals surface area contributed by atoms with E-state index in [2.05, 4.69) is 20.0 Å².